The topological polar surface area (TPSA) is 73.1 Å². The molecule has 0 aromatic carbocycles. The van der Waals surface area contributed by atoms with E-state index in [2.05, 4.69) is 4.98 Å². The molecule has 1 fully saturated rings. The zero-order chi connectivity index (χ0) is 11.7. The van der Waals surface area contributed by atoms with E-state index in [-0.39, 0.29) is 23.8 Å². The van der Waals surface area contributed by atoms with Crippen molar-refractivity contribution >= 4 is 11.5 Å². The number of rotatable bonds is 4. The number of carbonyl (C=O) groups is 1. The molecular weight excluding hydrogens is 208 g/mol. The van der Waals surface area contributed by atoms with Crippen molar-refractivity contribution in [1.82, 2.24) is 4.98 Å². The molecule has 1 aromatic rings. The average Bonchev–Trinajstić information content (AvgIpc) is 3.03. The first-order valence-electron chi connectivity index (χ1n) is 5.20. The van der Waals surface area contributed by atoms with Crippen LogP contribution in [0.3, 0.4) is 0 Å². The van der Waals surface area contributed by atoms with Gasteiger partial charge >= 0.3 is 0 Å². The largest absolute Gasteiger partial charge is 0.299 e. The van der Waals surface area contributed by atoms with Gasteiger partial charge in [-0.1, -0.05) is 0 Å². The molecule has 0 saturated heterocycles. The summed E-state index contributed by atoms with van der Waals surface area (Å²) < 4.78 is 0. The lowest BCUT2D eigenvalue weighted by Gasteiger charge is -2.01. The predicted molar refractivity (Wildman–Crippen MR) is 57.1 cm³/mol. The van der Waals surface area contributed by atoms with Gasteiger partial charge in [-0.05, 0) is 19.8 Å². The highest BCUT2D eigenvalue weighted by Gasteiger charge is 2.29. The van der Waals surface area contributed by atoms with Crippen molar-refractivity contribution in [2.75, 3.05) is 0 Å². The zero-order valence-corrected chi connectivity index (χ0v) is 8.97. The third-order valence-electron chi connectivity index (χ3n) is 2.72. The first kappa shape index (κ1) is 10.7. The van der Waals surface area contributed by atoms with E-state index in [1.807, 2.05) is 0 Å². The second-order valence-electron chi connectivity index (χ2n) is 4.14. The molecule has 2 rings (SSSR count). The van der Waals surface area contributed by atoms with Crippen LogP contribution in [0, 0.1) is 23.0 Å². The van der Waals surface area contributed by atoms with Gasteiger partial charge in [0.15, 0.2) is 0 Å². The van der Waals surface area contributed by atoms with Crippen LogP contribution in [-0.4, -0.2) is 15.7 Å². The van der Waals surface area contributed by atoms with Gasteiger partial charge in [-0.15, -0.1) is 0 Å². The summed E-state index contributed by atoms with van der Waals surface area (Å²) in [5.74, 6) is 0.313. The maximum Gasteiger partial charge on any atom is 0.275 e. The van der Waals surface area contributed by atoms with E-state index in [4.69, 9.17) is 0 Å². The molecule has 0 unspecified atom stereocenters. The van der Waals surface area contributed by atoms with Crippen molar-refractivity contribution in [3.8, 4) is 0 Å². The molecule has 5 heteroatoms. The van der Waals surface area contributed by atoms with Gasteiger partial charge in [-0.3, -0.25) is 19.9 Å². The van der Waals surface area contributed by atoms with Gasteiger partial charge in [0.1, 0.15) is 5.78 Å². The molecule has 0 radical (unpaired) electrons. The smallest absolute Gasteiger partial charge is 0.275 e. The predicted octanol–water partition coefficient (Wildman–Crippen LogP) is 1.82. The maximum atomic E-state index is 11.5. The number of pyridine rings is 1. The van der Waals surface area contributed by atoms with Crippen molar-refractivity contribution < 1.29 is 9.72 Å². The molecule has 1 aromatic heterocycles. The quantitative estimate of drug-likeness (QED) is 0.573. The Kier molecular flexibility index (Phi) is 2.68. The van der Waals surface area contributed by atoms with Crippen LogP contribution in [0.4, 0.5) is 5.69 Å². The number of nitrogens with zero attached hydrogens (tertiary/aromatic N) is 2. The number of hydrogen-bond acceptors (Lipinski definition) is 4. The average molecular weight is 220 g/mol. The van der Waals surface area contributed by atoms with E-state index in [1.165, 1.54) is 12.3 Å². The van der Waals surface area contributed by atoms with Crippen molar-refractivity contribution in [2.45, 2.75) is 26.2 Å². The number of Topliss-reactive ketones (excluding diaryl/α,β-unsaturated/α-hetero) is 1. The fraction of sp³-hybridized carbons (Fsp3) is 0.455. The third-order valence-corrected chi connectivity index (χ3v) is 2.72. The molecule has 0 bridgehead atoms. The van der Waals surface area contributed by atoms with E-state index in [9.17, 15) is 14.9 Å². The summed E-state index contributed by atoms with van der Waals surface area (Å²) in [5, 5.41) is 10.7. The van der Waals surface area contributed by atoms with Crippen LogP contribution < -0.4 is 0 Å². The molecule has 84 valence electrons. The molecule has 16 heavy (non-hydrogen) atoms. The number of nitro groups is 1. The Morgan fingerprint density at radius 3 is 2.88 bits per heavy atom. The zero-order valence-electron chi connectivity index (χ0n) is 8.97. The number of ketones is 1. The van der Waals surface area contributed by atoms with Crippen molar-refractivity contribution in [3.05, 3.63) is 33.6 Å². The molecule has 0 atom stereocenters. The van der Waals surface area contributed by atoms with Gasteiger partial charge in [0.05, 0.1) is 10.6 Å². The van der Waals surface area contributed by atoms with E-state index in [1.54, 1.807) is 6.92 Å². The molecular formula is C11H12N2O3. The van der Waals surface area contributed by atoms with Crippen LogP contribution in [0.1, 0.15) is 24.1 Å². The summed E-state index contributed by atoms with van der Waals surface area (Å²) >= 11 is 0. The summed E-state index contributed by atoms with van der Waals surface area (Å²) in [6.45, 7) is 1.64. The fourth-order valence-electron chi connectivity index (χ4n) is 1.58. The van der Waals surface area contributed by atoms with Crippen LogP contribution >= 0.6 is 0 Å². The Bertz CT molecular complexity index is 453. The minimum Gasteiger partial charge on any atom is -0.299 e. The Hall–Kier alpha value is -1.78. The molecule has 5 nitrogen and oxygen atoms in total. The highest BCUT2D eigenvalue weighted by atomic mass is 16.6. The third kappa shape index (κ3) is 2.24. The fourth-order valence-corrected chi connectivity index (χ4v) is 1.58. The van der Waals surface area contributed by atoms with Crippen molar-refractivity contribution in [1.29, 1.82) is 0 Å². The first-order chi connectivity index (χ1) is 7.58. The highest BCUT2D eigenvalue weighted by molar-refractivity contribution is 5.85. The minimum absolute atomic E-state index is 0.0357. The van der Waals surface area contributed by atoms with E-state index < -0.39 is 4.92 Å². The Morgan fingerprint density at radius 1 is 1.62 bits per heavy atom. The minimum atomic E-state index is -0.442. The van der Waals surface area contributed by atoms with E-state index in [0.717, 1.165) is 12.8 Å². The van der Waals surface area contributed by atoms with Crippen LogP contribution in [-0.2, 0) is 11.2 Å². The standard InChI is InChI=1S/C11H12N2O3/c1-7-6-12-9(4-10(7)13(15)16)5-11(14)8-2-3-8/h4,6,8H,2-3,5H2,1H3. The molecule has 0 amide bonds. The maximum absolute atomic E-state index is 11.5. The summed E-state index contributed by atoms with van der Waals surface area (Å²) in [6.07, 6.45) is 3.57. The summed E-state index contributed by atoms with van der Waals surface area (Å²) in [6, 6.07) is 1.40. The lowest BCUT2D eigenvalue weighted by molar-refractivity contribution is -0.385. The number of carbonyl (C=O) groups excluding carboxylic acids is 1. The second-order valence-corrected chi connectivity index (χ2v) is 4.14. The van der Waals surface area contributed by atoms with Crippen molar-refractivity contribution in [3.63, 3.8) is 0 Å². The molecule has 0 spiro atoms. The summed E-state index contributed by atoms with van der Waals surface area (Å²) in [4.78, 5) is 25.8. The molecule has 1 aliphatic carbocycles. The number of aromatic nitrogens is 1. The lowest BCUT2D eigenvalue weighted by atomic mass is 10.1. The molecule has 1 saturated carbocycles. The second kappa shape index (κ2) is 4.00. The van der Waals surface area contributed by atoms with Crippen molar-refractivity contribution in [2.24, 2.45) is 5.92 Å². The monoisotopic (exact) mass is 220 g/mol. The van der Waals surface area contributed by atoms with Gasteiger partial charge in [0, 0.05) is 30.2 Å². The lowest BCUT2D eigenvalue weighted by Crippen LogP contribution is -2.07. The molecule has 0 aliphatic heterocycles. The first-order valence-corrected chi connectivity index (χ1v) is 5.20. The number of aryl methyl sites for hydroxylation is 1. The highest BCUT2D eigenvalue weighted by Crippen LogP contribution is 2.31. The van der Waals surface area contributed by atoms with Crippen LogP contribution in [0.2, 0.25) is 0 Å². The molecule has 1 aliphatic rings. The number of hydrogen-bond donors (Lipinski definition) is 0. The normalized spacial score (nSPS) is 14.8. The van der Waals surface area contributed by atoms with Gasteiger partial charge < -0.3 is 0 Å². The van der Waals surface area contributed by atoms with Crippen LogP contribution in [0.15, 0.2) is 12.3 Å². The summed E-state index contributed by atoms with van der Waals surface area (Å²) in [7, 11) is 0. The van der Waals surface area contributed by atoms with Crippen LogP contribution in [0.5, 0.6) is 0 Å². The van der Waals surface area contributed by atoms with E-state index in [0.29, 0.717) is 11.3 Å². The molecule has 0 N–H and O–H groups in total. The van der Waals surface area contributed by atoms with Gasteiger partial charge in [-0.2, -0.15) is 0 Å². The van der Waals surface area contributed by atoms with Crippen LogP contribution in [0.25, 0.3) is 0 Å². The Labute approximate surface area is 92.6 Å². The van der Waals surface area contributed by atoms with Gasteiger partial charge in [0.2, 0.25) is 0 Å². The summed E-state index contributed by atoms with van der Waals surface area (Å²) in [5.41, 5.74) is 1.05. The van der Waals surface area contributed by atoms with Gasteiger partial charge in [-0.25, -0.2) is 0 Å². The SMILES string of the molecule is Cc1cnc(CC(=O)C2CC2)cc1[N+](=O)[O-]. The Balaban J connectivity index is 2.18. The van der Waals surface area contributed by atoms with Gasteiger partial charge in [0.25, 0.3) is 5.69 Å². The van der Waals surface area contributed by atoms with E-state index >= 15 is 0 Å². The molecule has 1 heterocycles. The Morgan fingerprint density at radius 2 is 2.31 bits per heavy atom.